The normalized spacial score (nSPS) is 19.1. The van der Waals surface area contributed by atoms with Gasteiger partial charge in [-0.1, -0.05) is 24.1 Å². The molecule has 1 saturated carbocycles. The minimum absolute atomic E-state index is 0.298. The highest BCUT2D eigenvalue weighted by molar-refractivity contribution is 6.11. The van der Waals surface area contributed by atoms with E-state index in [4.69, 9.17) is 10.7 Å². The lowest BCUT2D eigenvalue weighted by molar-refractivity contribution is 0.365. The number of aromatic nitrogens is 1. The molecule has 2 aromatic rings. The first-order valence-electron chi connectivity index (χ1n) is 12.6. The van der Waals surface area contributed by atoms with Gasteiger partial charge in [0.25, 0.3) is 0 Å². The van der Waals surface area contributed by atoms with Gasteiger partial charge in [0, 0.05) is 80.0 Å². The van der Waals surface area contributed by atoms with Crippen LogP contribution in [0.25, 0.3) is 11.8 Å². The van der Waals surface area contributed by atoms with Gasteiger partial charge in [-0.15, -0.1) is 0 Å². The van der Waals surface area contributed by atoms with Gasteiger partial charge in [-0.05, 0) is 56.2 Å². The fraction of sp³-hybridized carbons (Fsp3) is 0.310. The zero-order chi connectivity index (χ0) is 26.0. The molecule has 0 atom stereocenters. The second kappa shape index (κ2) is 12.9. The van der Waals surface area contributed by atoms with E-state index in [1.54, 1.807) is 49.1 Å². The Bertz CT molecular complexity index is 1270. The first-order chi connectivity index (χ1) is 18.1. The maximum Gasteiger partial charge on any atom is 0.162 e. The lowest BCUT2D eigenvalue weighted by Gasteiger charge is -2.29. The number of amidine groups is 2. The fourth-order valence-electron chi connectivity index (χ4n) is 4.20. The smallest absolute Gasteiger partial charge is 0.162 e. The van der Waals surface area contributed by atoms with Gasteiger partial charge in [-0.2, -0.15) is 0 Å². The summed E-state index contributed by atoms with van der Waals surface area (Å²) in [7, 11) is 3.97. The van der Waals surface area contributed by atoms with Gasteiger partial charge < -0.3 is 16.0 Å². The lowest BCUT2D eigenvalue weighted by Crippen LogP contribution is -2.33. The minimum atomic E-state index is -0.380. The average molecular weight is 500 g/mol. The van der Waals surface area contributed by atoms with Crippen molar-refractivity contribution in [2.24, 2.45) is 26.6 Å². The van der Waals surface area contributed by atoms with Crippen molar-refractivity contribution in [1.82, 2.24) is 15.2 Å². The second-order valence-electron chi connectivity index (χ2n) is 9.17. The maximum atomic E-state index is 14.4. The van der Waals surface area contributed by atoms with E-state index in [1.165, 1.54) is 30.9 Å². The van der Waals surface area contributed by atoms with Crippen molar-refractivity contribution in [3.05, 3.63) is 89.3 Å². The zero-order valence-electron chi connectivity index (χ0n) is 21.4. The first kappa shape index (κ1) is 26.2. The Morgan fingerprint density at radius 2 is 2.05 bits per heavy atom. The number of aliphatic imine (C=N–C) groups is 3. The predicted molar refractivity (Wildman–Crippen MR) is 151 cm³/mol. The molecule has 1 aromatic heterocycles. The molecule has 8 heteroatoms. The first-order valence-corrected chi connectivity index (χ1v) is 12.6. The van der Waals surface area contributed by atoms with Crippen molar-refractivity contribution >= 4 is 29.7 Å². The van der Waals surface area contributed by atoms with Crippen LogP contribution in [0.5, 0.6) is 0 Å². The fourth-order valence-corrected chi connectivity index (χ4v) is 4.20. The van der Waals surface area contributed by atoms with Crippen molar-refractivity contribution in [3.63, 3.8) is 0 Å². The van der Waals surface area contributed by atoms with Crippen molar-refractivity contribution in [1.29, 1.82) is 0 Å². The van der Waals surface area contributed by atoms with Gasteiger partial charge >= 0.3 is 0 Å². The van der Waals surface area contributed by atoms with Crippen LogP contribution in [-0.4, -0.2) is 55.0 Å². The van der Waals surface area contributed by atoms with Gasteiger partial charge in [0.1, 0.15) is 11.7 Å². The van der Waals surface area contributed by atoms with E-state index in [0.717, 1.165) is 30.9 Å². The molecule has 192 valence electrons. The number of nitrogens with one attached hydrogen (secondary N) is 1. The van der Waals surface area contributed by atoms with Gasteiger partial charge in [0.05, 0.1) is 0 Å². The summed E-state index contributed by atoms with van der Waals surface area (Å²) in [6.45, 7) is 1.60. The number of hydrogen-bond acceptors (Lipinski definition) is 7. The van der Waals surface area contributed by atoms with E-state index in [2.05, 4.69) is 31.3 Å². The number of nitrogens with zero attached hydrogens (tertiary/aromatic N) is 5. The van der Waals surface area contributed by atoms with Crippen molar-refractivity contribution in [2.45, 2.75) is 25.7 Å². The molecule has 2 aliphatic rings. The summed E-state index contributed by atoms with van der Waals surface area (Å²) in [5.74, 6) is 1.50. The summed E-state index contributed by atoms with van der Waals surface area (Å²) < 4.78 is 14.4. The lowest BCUT2D eigenvalue weighted by atomic mass is 9.78. The van der Waals surface area contributed by atoms with Crippen LogP contribution in [0.15, 0.2) is 81.8 Å². The summed E-state index contributed by atoms with van der Waals surface area (Å²) in [6.07, 6.45) is 17.0. The highest BCUT2D eigenvalue weighted by atomic mass is 19.1. The van der Waals surface area contributed by atoms with Gasteiger partial charge in [0.15, 0.2) is 5.84 Å². The van der Waals surface area contributed by atoms with E-state index >= 15 is 0 Å². The Kier molecular flexibility index (Phi) is 9.10. The number of rotatable bonds is 7. The van der Waals surface area contributed by atoms with Gasteiger partial charge in [-0.3, -0.25) is 9.98 Å². The Balaban J connectivity index is 1.81. The third-order valence-electron chi connectivity index (χ3n) is 6.62. The summed E-state index contributed by atoms with van der Waals surface area (Å²) in [5.41, 5.74) is 9.70. The second-order valence-corrected chi connectivity index (χ2v) is 9.17. The predicted octanol–water partition coefficient (Wildman–Crippen LogP) is 4.65. The third kappa shape index (κ3) is 6.86. The van der Waals surface area contributed by atoms with Crippen LogP contribution in [-0.2, 0) is 0 Å². The van der Waals surface area contributed by atoms with E-state index in [-0.39, 0.29) is 5.82 Å². The quantitative estimate of drug-likeness (QED) is 0.580. The molecule has 7 nitrogen and oxygen atoms in total. The standard InChI is InChI=1S/C29H34FN7/c1-32-16-17-37(2)28-19-22(21-6-5-7-21)10-12-33-14-15-35-29(36-28)24-11-13-34-20-23(24)18-27(31)25-8-3-4-9-26(25)30/h3-4,8-9,11-15,18-21,32H,5-7,10,16-17,31H2,1-2H3/b15-14+,22-19-,27-18-,33-12?,35-29?,36-28?. The molecule has 0 unspecified atom stereocenters. The number of hydrogen-bond donors (Lipinski definition) is 2. The molecular weight excluding hydrogens is 465 g/mol. The summed E-state index contributed by atoms with van der Waals surface area (Å²) in [4.78, 5) is 20.6. The molecule has 3 N–H and O–H groups in total. The van der Waals surface area contributed by atoms with E-state index in [1.807, 2.05) is 26.4 Å². The SMILES string of the molecule is CNCCN(C)C1=NC(c2ccncc2/C=C(\N)c2ccccc2F)=N/C=C/N=CC/C(C2CCC2)=C/1. The molecule has 0 amide bonds. The molecule has 2 heterocycles. The summed E-state index contributed by atoms with van der Waals surface area (Å²) in [6, 6.07) is 8.29. The van der Waals surface area contributed by atoms with Crippen molar-refractivity contribution in [2.75, 3.05) is 27.2 Å². The molecule has 0 radical (unpaired) electrons. The molecule has 1 aliphatic heterocycles. The molecule has 0 bridgehead atoms. The highest BCUT2D eigenvalue weighted by Crippen LogP contribution is 2.34. The van der Waals surface area contributed by atoms with E-state index in [0.29, 0.717) is 28.6 Å². The van der Waals surface area contributed by atoms with Crippen molar-refractivity contribution < 1.29 is 4.39 Å². The van der Waals surface area contributed by atoms with Crippen LogP contribution in [0.3, 0.4) is 0 Å². The molecule has 4 rings (SSSR count). The summed E-state index contributed by atoms with van der Waals surface area (Å²) in [5, 5.41) is 3.21. The molecular formula is C29H34FN7. The van der Waals surface area contributed by atoms with Gasteiger partial charge in [-0.25, -0.2) is 14.4 Å². The average Bonchev–Trinajstić information content (AvgIpc) is 2.91. The number of allylic oxidation sites excluding steroid dienone is 1. The Morgan fingerprint density at radius 3 is 2.81 bits per heavy atom. The molecule has 0 spiro atoms. The van der Waals surface area contributed by atoms with E-state index in [9.17, 15) is 4.39 Å². The molecule has 37 heavy (non-hydrogen) atoms. The maximum absolute atomic E-state index is 14.4. The van der Waals surface area contributed by atoms with Crippen LogP contribution < -0.4 is 11.1 Å². The monoisotopic (exact) mass is 499 g/mol. The Morgan fingerprint density at radius 1 is 1.22 bits per heavy atom. The largest absolute Gasteiger partial charge is 0.398 e. The highest BCUT2D eigenvalue weighted by Gasteiger charge is 2.22. The number of benzene rings is 1. The van der Waals surface area contributed by atoms with Gasteiger partial charge in [0.2, 0.25) is 0 Å². The number of pyridine rings is 1. The Hall–Kier alpha value is -3.91. The van der Waals surface area contributed by atoms with Crippen LogP contribution in [0.2, 0.25) is 0 Å². The number of nitrogens with two attached hydrogens (primary N) is 1. The molecule has 1 aromatic carbocycles. The molecule has 1 aliphatic carbocycles. The Labute approximate surface area is 218 Å². The summed E-state index contributed by atoms with van der Waals surface area (Å²) >= 11 is 0. The van der Waals surface area contributed by atoms with E-state index < -0.39 is 0 Å². The van der Waals surface area contributed by atoms with Crippen LogP contribution in [0.4, 0.5) is 4.39 Å². The molecule has 0 saturated heterocycles. The van der Waals surface area contributed by atoms with Crippen LogP contribution >= 0.6 is 0 Å². The van der Waals surface area contributed by atoms with Crippen molar-refractivity contribution in [3.8, 4) is 0 Å². The topological polar surface area (TPSA) is 91.3 Å². The zero-order valence-corrected chi connectivity index (χ0v) is 21.4. The molecule has 1 fully saturated rings. The number of halogens is 1. The van der Waals surface area contributed by atoms with Crippen LogP contribution in [0.1, 0.15) is 42.4 Å². The number of likely N-dealkylation sites (N-methyl/N-ethyl adjacent to an activating group) is 2. The third-order valence-corrected chi connectivity index (χ3v) is 6.62. The van der Waals surface area contributed by atoms with Crippen LogP contribution in [0, 0.1) is 11.7 Å². The minimum Gasteiger partial charge on any atom is -0.398 e.